The number of carbonyl (C=O) groups is 1. The lowest BCUT2D eigenvalue weighted by atomic mass is 10.3. The van der Waals surface area contributed by atoms with Crippen molar-refractivity contribution >= 4 is 5.91 Å². The van der Waals surface area contributed by atoms with E-state index in [0.29, 0.717) is 17.4 Å². The van der Waals surface area contributed by atoms with Crippen LogP contribution in [-0.4, -0.2) is 31.5 Å². The van der Waals surface area contributed by atoms with E-state index in [2.05, 4.69) is 30.9 Å². The molecule has 2 aromatic heterocycles. The van der Waals surface area contributed by atoms with Gasteiger partial charge in [0, 0.05) is 6.92 Å². The van der Waals surface area contributed by atoms with Crippen LogP contribution in [0.4, 0.5) is 0 Å². The number of hydrogen-bond donors (Lipinski definition) is 2. The number of aryl methyl sites for hydroxylation is 2. The highest BCUT2D eigenvalue weighted by Crippen LogP contribution is 2.11. The molecular formula is C9H12N6O2. The fourth-order valence-electron chi connectivity index (χ4n) is 1.42. The topological polar surface area (TPSA) is 110 Å². The number of oxazole rings is 1. The van der Waals surface area contributed by atoms with Gasteiger partial charge < -0.3 is 9.73 Å². The number of aromatic amines is 1. The number of nitrogens with zero attached hydrogens (tertiary/aromatic N) is 4. The number of hydrogen-bond acceptors (Lipinski definition) is 6. The van der Waals surface area contributed by atoms with Crippen molar-refractivity contribution < 1.29 is 9.21 Å². The predicted molar refractivity (Wildman–Crippen MR) is 56.0 cm³/mol. The monoisotopic (exact) mass is 236 g/mol. The first kappa shape index (κ1) is 11.2. The van der Waals surface area contributed by atoms with Gasteiger partial charge in [0.15, 0.2) is 11.7 Å². The van der Waals surface area contributed by atoms with E-state index in [1.54, 1.807) is 20.8 Å². The summed E-state index contributed by atoms with van der Waals surface area (Å²) in [6.45, 7) is 5.15. The van der Waals surface area contributed by atoms with Gasteiger partial charge in [0.1, 0.15) is 0 Å². The lowest BCUT2D eigenvalue weighted by Crippen LogP contribution is -2.27. The zero-order chi connectivity index (χ0) is 12.4. The Balaban J connectivity index is 2.09. The first-order valence-electron chi connectivity index (χ1n) is 5.06. The van der Waals surface area contributed by atoms with Crippen LogP contribution in [0.5, 0.6) is 0 Å². The lowest BCUT2D eigenvalue weighted by molar-refractivity contribution is 0.0908. The number of aromatic nitrogens is 5. The van der Waals surface area contributed by atoms with Gasteiger partial charge in [0.05, 0.1) is 11.7 Å². The molecule has 0 fully saturated rings. The number of tetrazole rings is 1. The van der Waals surface area contributed by atoms with Crippen molar-refractivity contribution in [1.82, 2.24) is 30.9 Å². The average molecular weight is 236 g/mol. The summed E-state index contributed by atoms with van der Waals surface area (Å²) in [4.78, 5) is 15.9. The van der Waals surface area contributed by atoms with E-state index >= 15 is 0 Å². The molecule has 0 aliphatic heterocycles. The molecule has 1 atom stereocenters. The third-order valence-corrected chi connectivity index (χ3v) is 2.21. The molecule has 2 rings (SSSR count). The number of carbonyl (C=O) groups excluding carboxylic acids is 1. The van der Waals surface area contributed by atoms with Crippen LogP contribution in [0.1, 0.15) is 40.9 Å². The molecule has 0 aliphatic rings. The van der Waals surface area contributed by atoms with E-state index in [4.69, 9.17) is 4.42 Å². The second-order valence-electron chi connectivity index (χ2n) is 3.61. The van der Waals surface area contributed by atoms with Gasteiger partial charge in [-0.1, -0.05) is 5.21 Å². The Morgan fingerprint density at radius 3 is 2.76 bits per heavy atom. The van der Waals surface area contributed by atoms with Crippen molar-refractivity contribution in [3.8, 4) is 0 Å². The predicted octanol–water partition coefficient (Wildman–Crippen LogP) is 0.296. The minimum Gasteiger partial charge on any atom is -0.436 e. The highest BCUT2D eigenvalue weighted by molar-refractivity contribution is 5.92. The molecule has 0 aromatic carbocycles. The van der Waals surface area contributed by atoms with Gasteiger partial charge in [-0.3, -0.25) is 4.79 Å². The largest absolute Gasteiger partial charge is 0.436 e. The summed E-state index contributed by atoms with van der Waals surface area (Å²) in [5.74, 6) is 0.727. The van der Waals surface area contributed by atoms with E-state index < -0.39 is 0 Å². The van der Waals surface area contributed by atoms with Gasteiger partial charge in [-0.2, -0.15) is 5.21 Å². The van der Waals surface area contributed by atoms with Crippen LogP contribution in [0.3, 0.4) is 0 Å². The molecule has 8 nitrogen and oxygen atoms in total. The van der Waals surface area contributed by atoms with Gasteiger partial charge >= 0.3 is 0 Å². The average Bonchev–Trinajstić information content (AvgIpc) is 2.87. The van der Waals surface area contributed by atoms with E-state index in [1.165, 1.54) is 0 Å². The molecule has 0 saturated heterocycles. The van der Waals surface area contributed by atoms with Crippen molar-refractivity contribution in [2.75, 3.05) is 0 Å². The first-order chi connectivity index (χ1) is 8.08. The van der Waals surface area contributed by atoms with Gasteiger partial charge in [-0.05, 0) is 13.8 Å². The van der Waals surface area contributed by atoms with Crippen LogP contribution in [-0.2, 0) is 0 Å². The molecule has 0 radical (unpaired) electrons. The third-order valence-electron chi connectivity index (χ3n) is 2.21. The van der Waals surface area contributed by atoms with E-state index in [0.717, 1.165) is 0 Å². The molecule has 1 unspecified atom stereocenters. The first-order valence-corrected chi connectivity index (χ1v) is 5.06. The van der Waals surface area contributed by atoms with Crippen LogP contribution >= 0.6 is 0 Å². The molecule has 0 saturated carbocycles. The van der Waals surface area contributed by atoms with Crippen LogP contribution in [0.15, 0.2) is 4.42 Å². The van der Waals surface area contributed by atoms with Gasteiger partial charge in [-0.25, -0.2) is 4.98 Å². The van der Waals surface area contributed by atoms with E-state index in [1.807, 2.05) is 0 Å². The molecule has 17 heavy (non-hydrogen) atoms. The van der Waals surface area contributed by atoms with Crippen molar-refractivity contribution in [3.63, 3.8) is 0 Å². The normalized spacial score (nSPS) is 12.4. The summed E-state index contributed by atoms with van der Waals surface area (Å²) in [7, 11) is 0. The Labute approximate surface area is 96.8 Å². The van der Waals surface area contributed by atoms with Gasteiger partial charge in [0.2, 0.25) is 5.76 Å². The van der Waals surface area contributed by atoms with E-state index in [-0.39, 0.29) is 17.7 Å². The zero-order valence-electron chi connectivity index (χ0n) is 9.68. The third kappa shape index (κ3) is 2.30. The minimum atomic E-state index is -0.356. The fraction of sp³-hybridized carbons (Fsp3) is 0.444. The molecule has 0 spiro atoms. The van der Waals surface area contributed by atoms with Crippen LogP contribution in [0.2, 0.25) is 0 Å². The van der Waals surface area contributed by atoms with Crippen molar-refractivity contribution in [2.24, 2.45) is 0 Å². The summed E-state index contributed by atoms with van der Waals surface area (Å²) in [6.07, 6.45) is 0. The molecule has 2 N–H and O–H groups in total. The van der Waals surface area contributed by atoms with Crippen LogP contribution in [0, 0.1) is 13.8 Å². The van der Waals surface area contributed by atoms with Crippen molar-refractivity contribution in [3.05, 3.63) is 23.2 Å². The van der Waals surface area contributed by atoms with Crippen molar-refractivity contribution in [1.29, 1.82) is 0 Å². The molecule has 90 valence electrons. The summed E-state index contributed by atoms with van der Waals surface area (Å²) >= 11 is 0. The standard InChI is InChI=1S/C9H12N6O2/c1-4-7(17-6(3)10-4)9(16)11-5(2)8-12-14-15-13-8/h5H,1-3H3,(H,11,16)(H,12,13,14,15). The molecule has 8 heteroatoms. The maximum Gasteiger partial charge on any atom is 0.289 e. The molecule has 1 amide bonds. The zero-order valence-corrected chi connectivity index (χ0v) is 9.68. The highest BCUT2D eigenvalue weighted by Gasteiger charge is 2.20. The number of amides is 1. The maximum absolute atomic E-state index is 11.9. The maximum atomic E-state index is 11.9. The Bertz CT molecular complexity index is 518. The van der Waals surface area contributed by atoms with E-state index in [9.17, 15) is 4.79 Å². The lowest BCUT2D eigenvalue weighted by Gasteiger charge is -2.08. The fourth-order valence-corrected chi connectivity index (χ4v) is 1.42. The molecule has 0 bridgehead atoms. The van der Waals surface area contributed by atoms with Crippen LogP contribution in [0.25, 0.3) is 0 Å². The SMILES string of the molecule is Cc1nc(C)c(C(=O)NC(C)c2nn[nH]n2)o1. The quantitative estimate of drug-likeness (QED) is 0.792. The minimum absolute atomic E-state index is 0.206. The van der Waals surface area contributed by atoms with Gasteiger partial charge in [0.25, 0.3) is 5.91 Å². The Hall–Kier alpha value is -2.25. The van der Waals surface area contributed by atoms with Crippen molar-refractivity contribution in [2.45, 2.75) is 26.8 Å². The Morgan fingerprint density at radius 2 is 2.24 bits per heavy atom. The second-order valence-corrected chi connectivity index (χ2v) is 3.61. The summed E-state index contributed by atoms with van der Waals surface area (Å²) in [5, 5.41) is 16.0. The molecule has 2 aromatic rings. The summed E-state index contributed by atoms with van der Waals surface area (Å²) in [6, 6.07) is -0.356. The number of nitrogens with one attached hydrogen (secondary N) is 2. The number of H-pyrrole nitrogens is 1. The molecular weight excluding hydrogens is 224 g/mol. The number of rotatable bonds is 3. The summed E-state index contributed by atoms with van der Waals surface area (Å²) < 4.78 is 5.21. The Morgan fingerprint density at radius 1 is 1.47 bits per heavy atom. The smallest absolute Gasteiger partial charge is 0.289 e. The van der Waals surface area contributed by atoms with Crippen LogP contribution < -0.4 is 5.32 Å². The summed E-state index contributed by atoms with van der Waals surface area (Å²) in [5.41, 5.74) is 0.556. The molecule has 2 heterocycles. The highest BCUT2D eigenvalue weighted by atomic mass is 16.4. The Kier molecular flexibility index (Phi) is 2.86. The second kappa shape index (κ2) is 4.32. The van der Waals surface area contributed by atoms with Gasteiger partial charge in [-0.15, -0.1) is 10.2 Å². The molecule has 0 aliphatic carbocycles.